The van der Waals surface area contributed by atoms with Crippen molar-refractivity contribution in [3.8, 4) is 5.75 Å². The van der Waals surface area contributed by atoms with Gasteiger partial charge in [-0.15, -0.1) is 0 Å². The van der Waals surface area contributed by atoms with Crippen LogP contribution in [0.4, 0.5) is 13.2 Å². The fourth-order valence-corrected chi connectivity index (χ4v) is 6.94. The molecule has 290 valence electrons. The summed E-state index contributed by atoms with van der Waals surface area (Å²) in [4.78, 5) is 0. The van der Waals surface area contributed by atoms with Crippen LogP contribution in [0.2, 0.25) is 5.02 Å². The molecule has 0 spiro atoms. The number of benzene rings is 5. The zero-order valence-electron chi connectivity index (χ0n) is 30.6. The maximum absolute atomic E-state index is 12.7. The van der Waals surface area contributed by atoms with Gasteiger partial charge in [-0.05, 0) is 65.4 Å². The topological polar surface area (TPSA) is 75.6 Å². The summed E-state index contributed by atoms with van der Waals surface area (Å²) in [6.07, 6.45) is -6.76. The van der Waals surface area contributed by atoms with E-state index in [-0.39, 0.29) is 25.6 Å². The molecule has 11 heteroatoms. The van der Waals surface area contributed by atoms with Gasteiger partial charge in [0.25, 0.3) is 0 Å². The van der Waals surface area contributed by atoms with Crippen LogP contribution in [-0.4, -0.2) is 55.5 Å². The Bertz CT molecular complexity index is 1930. The minimum Gasteiger partial charge on any atom is -0.484 e. The number of hydrogen-bond donors (Lipinski definition) is 1. The average molecular weight is 777 g/mol. The second-order valence-corrected chi connectivity index (χ2v) is 14.1. The van der Waals surface area contributed by atoms with Crippen LogP contribution in [0, 0.1) is 0 Å². The summed E-state index contributed by atoms with van der Waals surface area (Å²) in [6.45, 7) is 0.534. The third-order valence-electron chi connectivity index (χ3n) is 9.57. The van der Waals surface area contributed by atoms with Crippen LogP contribution in [0.5, 0.6) is 5.75 Å². The first-order chi connectivity index (χ1) is 26.5. The number of ether oxygens (including phenoxy) is 6. The van der Waals surface area contributed by atoms with Crippen molar-refractivity contribution in [2.75, 3.05) is 20.3 Å². The summed E-state index contributed by atoms with van der Waals surface area (Å²) in [5.74, 6) is -1.56. The molecule has 1 saturated heterocycles. The third kappa shape index (κ3) is 10.1. The minimum absolute atomic E-state index is 0.0992. The molecule has 1 fully saturated rings. The minimum atomic E-state index is -4.44. The van der Waals surface area contributed by atoms with Crippen LogP contribution >= 0.6 is 11.6 Å². The monoisotopic (exact) mass is 776 g/mol. The number of halogens is 4. The molecule has 5 atom stereocenters. The largest absolute Gasteiger partial charge is 0.484 e. The molecule has 6 rings (SSSR count). The number of alkyl halides is 3. The van der Waals surface area contributed by atoms with Crippen LogP contribution < -0.4 is 4.74 Å². The van der Waals surface area contributed by atoms with Gasteiger partial charge in [-0.1, -0.05) is 121 Å². The van der Waals surface area contributed by atoms with Crippen LogP contribution in [0.15, 0.2) is 133 Å². The predicted molar refractivity (Wildman–Crippen MR) is 203 cm³/mol. The standard InChI is InChI=1S/C44H44ClF3O7/c1-42(29-49)40(52-27-33-14-8-4-9-15-33)39(51-26-32-12-6-3-7-13-32)41(53-28-34-16-10-5-11-17-34)44(50-2,55-42)36-20-23-38(45)35(25-36)24-31-18-21-37(22-19-31)54-30-43(46,47)48/h3-23,25,39-41,49H,24,26-30H2,1-2H3/t39-,40-,41+,42+,44-/m0/s1. The molecule has 1 aliphatic rings. The SMILES string of the molecule is CO[C@@]1(c2ccc(Cl)c(Cc3ccc(OCC(F)(F)F)cc3)c2)O[C@](C)(CO)[C@@H](OCc2ccccc2)[C@H](OCc2ccccc2)[C@H]1OCc1ccccc1. The van der Waals surface area contributed by atoms with E-state index in [0.717, 1.165) is 22.3 Å². The highest BCUT2D eigenvalue weighted by Gasteiger charge is 2.62. The molecule has 0 saturated carbocycles. The van der Waals surface area contributed by atoms with Gasteiger partial charge >= 0.3 is 6.18 Å². The number of hydrogen-bond acceptors (Lipinski definition) is 7. The summed E-state index contributed by atoms with van der Waals surface area (Å²) in [5.41, 5.74) is 3.42. The van der Waals surface area contributed by atoms with Gasteiger partial charge in [0.15, 0.2) is 6.61 Å². The molecule has 1 N–H and O–H groups in total. The molecular formula is C44H44ClF3O7. The number of rotatable bonds is 16. The van der Waals surface area contributed by atoms with Crippen LogP contribution in [0.25, 0.3) is 0 Å². The number of methoxy groups -OCH3 is 1. The number of aliphatic hydroxyl groups is 1. The molecule has 0 amide bonds. The molecular weight excluding hydrogens is 733 g/mol. The number of aliphatic hydroxyl groups excluding tert-OH is 1. The van der Waals surface area contributed by atoms with Gasteiger partial charge in [0.05, 0.1) is 26.4 Å². The van der Waals surface area contributed by atoms with Gasteiger partial charge in [0.2, 0.25) is 5.79 Å². The zero-order valence-corrected chi connectivity index (χ0v) is 31.3. The van der Waals surface area contributed by atoms with Crippen molar-refractivity contribution in [3.05, 3.63) is 172 Å². The van der Waals surface area contributed by atoms with Crippen molar-refractivity contribution in [2.24, 2.45) is 0 Å². The van der Waals surface area contributed by atoms with Gasteiger partial charge in [-0.2, -0.15) is 13.2 Å². The molecule has 5 aromatic rings. The lowest BCUT2D eigenvalue weighted by Gasteiger charge is -2.56. The normalized spacial score (nSPS) is 22.7. The van der Waals surface area contributed by atoms with Crippen molar-refractivity contribution in [1.29, 1.82) is 0 Å². The molecule has 0 unspecified atom stereocenters. The Morgan fingerprint density at radius 1 is 0.691 bits per heavy atom. The summed E-state index contributed by atoms with van der Waals surface area (Å²) in [6, 6.07) is 40.9. The third-order valence-corrected chi connectivity index (χ3v) is 9.94. The van der Waals surface area contributed by atoms with E-state index in [9.17, 15) is 18.3 Å². The van der Waals surface area contributed by atoms with Gasteiger partial charge in [-0.25, -0.2) is 0 Å². The van der Waals surface area contributed by atoms with Crippen LogP contribution in [0.3, 0.4) is 0 Å². The van der Waals surface area contributed by atoms with Crippen LogP contribution in [-0.2, 0) is 55.7 Å². The first-order valence-electron chi connectivity index (χ1n) is 17.9. The van der Waals surface area contributed by atoms with Gasteiger partial charge < -0.3 is 33.5 Å². The quantitative estimate of drug-likeness (QED) is 0.107. The van der Waals surface area contributed by atoms with E-state index in [4.69, 9.17) is 40.0 Å². The Morgan fingerprint density at radius 3 is 1.73 bits per heavy atom. The molecule has 7 nitrogen and oxygen atoms in total. The highest BCUT2D eigenvalue weighted by atomic mass is 35.5. The summed E-state index contributed by atoms with van der Waals surface area (Å²) in [7, 11) is 1.52. The fraction of sp³-hybridized carbons (Fsp3) is 0.318. The Hall–Kier alpha value is -4.26. The van der Waals surface area contributed by atoms with Crippen molar-refractivity contribution in [3.63, 3.8) is 0 Å². The van der Waals surface area contributed by atoms with Gasteiger partial charge in [0, 0.05) is 17.7 Å². The Morgan fingerprint density at radius 2 is 1.22 bits per heavy atom. The molecule has 1 aliphatic heterocycles. The van der Waals surface area contributed by atoms with Crippen molar-refractivity contribution in [1.82, 2.24) is 0 Å². The molecule has 5 aromatic carbocycles. The van der Waals surface area contributed by atoms with E-state index >= 15 is 0 Å². The lowest BCUT2D eigenvalue weighted by atomic mass is 9.81. The molecule has 0 aromatic heterocycles. The molecule has 0 bridgehead atoms. The Labute approximate surface area is 324 Å². The molecule has 55 heavy (non-hydrogen) atoms. The van der Waals surface area contributed by atoms with E-state index in [1.54, 1.807) is 31.2 Å². The lowest BCUT2D eigenvalue weighted by molar-refractivity contribution is -0.410. The van der Waals surface area contributed by atoms with E-state index in [1.807, 2.05) is 97.1 Å². The summed E-state index contributed by atoms with van der Waals surface area (Å²) < 4.78 is 76.8. The summed E-state index contributed by atoms with van der Waals surface area (Å²) >= 11 is 6.79. The average Bonchev–Trinajstić information content (AvgIpc) is 3.20. The van der Waals surface area contributed by atoms with E-state index in [0.29, 0.717) is 22.6 Å². The molecule has 1 heterocycles. The Kier molecular flexibility index (Phi) is 13.3. The van der Waals surface area contributed by atoms with Gasteiger partial charge in [-0.3, -0.25) is 0 Å². The van der Waals surface area contributed by atoms with E-state index in [1.165, 1.54) is 19.2 Å². The molecule has 0 aliphatic carbocycles. The first-order valence-corrected chi connectivity index (χ1v) is 18.3. The lowest BCUT2D eigenvalue weighted by Crippen LogP contribution is -2.70. The second-order valence-electron chi connectivity index (χ2n) is 13.7. The van der Waals surface area contributed by atoms with Gasteiger partial charge in [0.1, 0.15) is 29.7 Å². The fourth-order valence-electron chi connectivity index (χ4n) is 6.76. The van der Waals surface area contributed by atoms with E-state index in [2.05, 4.69) is 0 Å². The smallest absolute Gasteiger partial charge is 0.422 e. The predicted octanol–water partition coefficient (Wildman–Crippen LogP) is 9.21. The maximum atomic E-state index is 12.7. The Balaban J connectivity index is 1.40. The van der Waals surface area contributed by atoms with Crippen molar-refractivity contribution in [2.45, 2.75) is 69.0 Å². The first kappa shape index (κ1) is 40.4. The second kappa shape index (κ2) is 18.1. The van der Waals surface area contributed by atoms with Crippen molar-refractivity contribution < 1.29 is 46.7 Å². The van der Waals surface area contributed by atoms with Crippen LogP contribution in [0.1, 0.15) is 40.3 Å². The van der Waals surface area contributed by atoms with Crippen molar-refractivity contribution >= 4 is 11.6 Å². The summed E-state index contributed by atoms with van der Waals surface area (Å²) in [5, 5.41) is 11.6. The zero-order chi connectivity index (χ0) is 38.9. The van der Waals surface area contributed by atoms with E-state index < -0.39 is 49.1 Å². The molecule has 0 radical (unpaired) electrons. The highest BCUT2D eigenvalue weighted by molar-refractivity contribution is 6.31. The maximum Gasteiger partial charge on any atom is 0.422 e. The highest BCUT2D eigenvalue weighted by Crippen LogP contribution is 2.48.